The number of hydrogen-bond acceptors (Lipinski definition) is 4. The third-order valence-electron chi connectivity index (χ3n) is 2.45. The lowest BCUT2D eigenvalue weighted by Crippen LogP contribution is -2.31. The zero-order valence-corrected chi connectivity index (χ0v) is 12.3. The molecule has 20 heavy (non-hydrogen) atoms. The third kappa shape index (κ3) is 5.28. The summed E-state index contributed by atoms with van der Waals surface area (Å²) in [5.41, 5.74) is 0.245. The summed E-state index contributed by atoms with van der Waals surface area (Å²) in [5, 5.41) is 2.60. The van der Waals surface area contributed by atoms with Crippen molar-refractivity contribution in [2.75, 3.05) is 0 Å². The summed E-state index contributed by atoms with van der Waals surface area (Å²) in [4.78, 5) is 29.5. The second kappa shape index (κ2) is 7.37. The molecule has 0 spiro atoms. The van der Waals surface area contributed by atoms with Gasteiger partial charge >= 0.3 is 0 Å². The molecule has 1 aromatic heterocycles. The molecule has 0 radical (unpaired) electrons. The van der Waals surface area contributed by atoms with Crippen molar-refractivity contribution in [2.24, 2.45) is 0 Å². The summed E-state index contributed by atoms with van der Waals surface area (Å²) in [6.45, 7) is 5.25. The first-order valence-corrected chi connectivity index (χ1v) is 7.01. The van der Waals surface area contributed by atoms with Gasteiger partial charge in [0.05, 0.1) is 0 Å². The number of aromatic nitrogens is 2. The van der Waals surface area contributed by atoms with Crippen LogP contribution in [0.1, 0.15) is 31.5 Å². The molecule has 0 bridgehead atoms. The second-order valence-electron chi connectivity index (χ2n) is 4.54. The van der Waals surface area contributed by atoms with Gasteiger partial charge in [-0.05, 0) is 39.0 Å². The minimum absolute atomic E-state index is 0.0322. The molecule has 1 heterocycles. The van der Waals surface area contributed by atoms with Crippen molar-refractivity contribution in [3.63, 3.8) is 0 Å². The van der Waals surface area contributed by atoms with Gasteiger partial charge in [0.1, 0.15) is 0 Å². The highest BCUT2D eigenvalue weighted by Crippen LogP contribution is 2.20. The number of rotatable bonds is 6. The Balaban J connectivity index is 2.77. The number of amides is 1. The number of halogens is 2. The Morgan fingerprint density at radius 2 is 2.10 bits per heavy atom. The number of carbonyl (C=O) groups is 1. The van der Waals surface area contributed by atoms with Gasteiger partial charge in [0.15, 0.2) is 5.16 Å². The Morgan fingerprint density at radius 3 is 2.60 bits per heavy atom. The highest BCUT2D eigenvalue weighted by Gasteiger charge is 2.13. The average molecular weight is 305 g/mol. The van der Waals surface area contributed by atoms with E-state index >= 15 is 0 Å². The average Bonchev–Trinajstić information content (AvgIpc) is 2.25. The molecule has 1 rings (SSSR count). The van der Waals surface area contributed by atoms with Gasteiger partial charge in [-0.25, -0.2) is 4.98 Å². The van der Waals surface area contributed by atoms with Crippen LogP contribution in [-0.4, -0.2) is 27.7 Å². The number of carbonyl (C=O) groups excluding carboxylic acids is 1. The molecule has 0 unspecified atom stereocenters. The Hall–Kier alpha value is -1.44. The molecule has 0 aromatic carbocycles. The van der Waals surface area contributed by atoms with Gasteiger partial charge in [0.2, 0.25) is 5.91 Å². The summed E-state index contributed by atoms with van der Waals surface area (Å²) < 4.78 is 24.4. The summed E-state index contributed by atoms with van der Waals surface area (Å²) in [5.74, 6) is -2.80. The van der Waals surface area contributed by atoms with Gasteiger partial charge in [-0.15, -0.1) is 0 Å². The number of nitrogens with zero attached hydrogens (tertiary/aromatic N) is 1. The van der Waals surface area contributed by atoms with E-state index in [1.807, 2.05) is 13.8 Å². The van der Waals surface area contributed by atoms with Gasteiger partial charge in [-0.2, -0.15) is 8.78 Å². The Labute approximate surface area is 119 Å². The van der Waals surface area contributed by atoms with Crippen molar-refractivity contribution in [3.8, 4) is 0 Å². The van der Waals surface area contributed by atoms with E-state index in [9.17, 15) is 18.4 Å². The topological polar surface area (TPSA) is 74.8 Å². The lowest BCUT2D eigenvalue weighted by molar-refractivity contribution is -0.121. The lowest BCUT2D eigenvalue weighted by atomic mass is 10.1. The summed E-state index contributed by atoms with van der Waals surface area (Å²) >= 11 is 0.189. The zero-order valence-electron chi connectivity index (χ0n) is 11.5. The van der Waals surface area contributed by atoms with Crippen molar-refractivity contribution in [1.82, 2.24) is 15.3 Å². The smallest absolute Gasteiger partial charge is 0.291 e. The first-order chi connectivity index (χ1) is 9.29. The molecule has 112 valence electrons. The monoisotopic (exact) mass is 305 g/mol. The van der Waals surface area contributed by atoms with Crippen LogP contribution in [0, 0.1) is 6.92 Å². The maximum atomic E-state index is 12.2. The Morgan fingerprint density at radius 1 is 1.45 bits per heavy atom. The van der Waals surface area contributed by atoms with Crippen molar-refractivity contribution < 1.29 is 13.6 Å². The quantitative estimate of drug-likeness (QED) is 0.621. The predicted octanol–water partition coefficient (Wildman–Crippen LogP) is 1.85. The van der Waals surface area contributed by atoms with Crippen LogP contribution in [0.3, 0.4) is 0 Å². The Bertz CT molecular complexity index is 532. The number of H-pyrrole nitrogens is 1. The van der Waals surface area contributed by atoms with Gasteiger partial charge < -0.3 is 10.3 Å². The highest BCUT2D eigenvalue weighted by atomic mass is 32.2. The van der Waals surface area contributed by atoms with Crippen LogP contribution in [0.4, 0.5) is 8.78 Å². The van der Waals surface area contributed by atoms with Crippen molar-refractivity contribution >= 4 is 17.7 Å². The summed E-state index contributed by atoms with van der Waals surface area (Å²) in [6.07, 6.45) is 0.386. The fourth-order valence-corrected chi connectivity index (χ4v) is 2.16. The van der Waals surface area contributed by atoms with Crippen molar-refractivity contribution in [3.05, 3.63) is 21.6 Å². The molecule has 0 atom stereocenters. The first-order valence-electron chi connectivity index (χ1n) is 6.13. The number of nitrogens with one attached hydrogen (secondary N) is 2. The van der Waals surface area contributed by atoms with E-state index in [4.69, 9.17) is 0 Å². The van der Waals surface area contributed by atoms with E-state index in [-0.39, 0.29) is 41.7 Å². The van der Waals surface area contributed by atoms with Crippen LogP contribution in [-0.2, 0) is 11.2 Å². The van der Waals surface area contributed by atoms with Gasteiger partial charge in [0, 0.05) is 23.7 Å². The summed E-state index contributed by atoms with van der Waals surface area (Å²) in [7, 11) is 0. The van der Waals surface area contributed by atoms with Crippen LogP contribution in [0.2, 0.25) is 0 Å². The highest BCUT2D eigenvalue weighted by molar-refractivity contribution is 7.99. The number of hydrogen-bond donors (Lipinski definition) is 2. The van der Waals surface area contributed by atoms with Gasteiger partial charge in [0.25, 0.3) is 11.3 Å². The normalized spacial score (nSPS) is 11.2. The van der Waals surface area contributed by atoms with Crippen molar-refractivity contribution in [2.45, 2.75) is 50.6 Å². The molecular formula is C12H17F2N3O2S. The maximum Gasteiger partial charge on any atom is 0.291 e. The van der Waals surface area contributed by atoms with E-state index in [0.29, 0.717) is 11.3 Å². The first kappa shape index (κ1) is 16.6. The molecule has 0 fully saturated rings. The SMILES string of the molecule is Cc1nc(SC(F)F)[nH]c(=O)c1CCC(=O)NC(C)C. The number of thioether (sulfide) groups is 1. The van der Waals surface area contributed by atoms with E-state index in [1.54, 1.807) is 6.92 Å². The number of aromatic amines is 1. The minimum Gasteiger partial charge on any atom is -0.354 e. The molecular weight excluding hydrogens is 288 g/mol. The number of aryl methyl sites for hydroxylation is 1. The fourth-order valence-electron chi connectivity index (χ4n) is 1.65. The molecule has 0 aliphatic rings. The fraction of sp³-hybridized carbons (Fsp3) is 0.583. The third-order valence-corrected chi connectivity index (χ3v) is 3.05. The number of alkyl halides is 2. The molecule has 1 amide bonds. The zero-order chi connectivity index (χ0) is 15.3. The predicted molar refractivity (Wildman–Crippen MR) is 73.1 cm³/mol. The summed E-state index contributed by atoms with van der Waals surface area (Å²) in [6, 6.07) is 0.0322. The molecule has 0 aliphatic heterocycles. The van der Waals surface area contributed by atoms with Crippen LogP contribution in [0.5, 0.6) is 0 Å². The van der Waals surface area contributed by atoms with E-state index in [0.717, 1.165) is 0 Å². The standard InChI is InChI=1S/C12H17F2N3O2S/c1-6(2)15-9(18)5-4-8-7(3)16-12(17-10(8)19)20-11(13)14/h6,11H,4-5H2,1-3H3,(H,15,18)(H,16,17,19). The molecule has 0 saturated heterocycles. The largest absolute Gasteiger partial charge is 0.354 e. The Kier molecular flexibility index (Phi) is 6.12. The van der Waals surface area contributed by atoms with E-state index in [2.05, 4.69) is 15.3 Å². The van der Waals surface area contributed by atoms with Crippen molar-refractivity contribution in [1.29, 1.82) is 0 Å². The van der Waals surface area contributed by atoms with Crippen LogP contribution < -0.4 is 10.9 Å². The van der Waals surface area contributed by atoms with E-state index in [1.165, 1.54) is 0 Å². The van der Waals surface area contributed by atoms with E-state index < -0.39 is 11.3 Å². The molecule has 5 nitrogen and oxygen atoms in total. The van der Waals surface area contributed by atoms with Gasteiger partial charge in [-0.3, -0.25) is 9.59 Å². The lowest BCUT2D eigenvalue weighted by Gasteiger charge is -2.09. The minimum atomic E-state index is -2.64. The maximum absolute atomic E-state index is 12.2. The molecule has 0 aliphatic carbocycles. The molecule has 2 N–H and O–H groups in total. The second-order valence-corrected chi connectivity index (χ2v) is 5.51. The van der Waals surface area contributed by atoms with Gasteiger partial charge in [-0.1, -0.05) is 0 Å². The molecule has 1 aromatic rings. The molecule has 0 saturated carbocycles. The molecule has 8 heteroatoms. The van der Waals surface area contributed by atoms with Crippen LogP contribution >= 0.6 is 11.8 Å². The van der Waals surface area contributed by atoms with Crippen LogP contribution in [0.15, 0.2) is 9.95 Å². The van der Waals surface area contributed by atoms with Crippen LogP contribution in [0.25, 0.3) is 0 Å².